The number of nitrogens with one attached hydrogen (secondary N) is 1. The molecule has 0 spiro atoms. The summed E-state index contributed by atoms with van der Waals surface area (Å²) in [6, 6.07) is 8.93. The van der Waals surface area contributed by atoms with Gasteiger partial charge in [-0.05, 0) is 30.3 Å². The van der Waals surface area contributed by atoms with Crippen LogP contribution in [-0.4, -0.2) is 23.0 Å². The van der Waals surface area contributed by atoms with Gasteiger partial charge >= 0.3 is 0 Å². The average molecular weight is 285 g/mol. The second-order valence-electron chi connectivity index (χ2n) is 4.04. The first kappa shape index (κ1) is 12.6. The van der Waals surface area contributed by atoms with Crippen molar-refractivity contribution in [2.75, 3.05) is 12.4 Å². The van der Waals surface area contributed by atoms with E-state index in [2.05, 4.69) is 15.3 Å². The molecule has 0 bridgehead atoms. The third-order valence-electron chi connectivity index (χ3n) is 2.76. The van der Waals surface area contributed by atoms with E-state index in [4.69, 9.17) is 4.74 Å². The van der Waals surface area contributed by atoms with E-state index in [9.17, 15) is 4.79 Å². The van der Waals surface area contributed by atoms with E-state index in [-0.39, 0.29) is 5.91 Å². The number of rotatable bonds is 3. The maximum atomic E-state index is 12.0. The molecule has 3 aromatic rings. The molecule has 0 aliphatic rings. The predicted molar refractivity (Wildman–Crippen MR) is 78.4 cm³/mol. The molecule has 3 rings (SSSR count). The second-order valence-corrected chi connectivity index (χ2v) is 5.07. The van der Waals surface area contributed by atoms with Crippen molar-refractivity contribution in [3.8, 4) is 5.75 Å². The number of carbonyl (C=O) groups excluding carboxylic acids is 1. The molecule has 0 aliphatic heterocycles. The van der Waals surface area contributed by atoms with E-state index in [1.54, 1.807) is 31.6 Å². The molecule has 6 heteroatoms. The molecule has 20 heavy (non-hydrogen) atoms. The number of hydrogen-bond donors (Lipinski definition) is 1. The highest BCUT2D eigenvalue weighted by Crippen LogP contribution is 2.29. The highest BCUT2D eigenvalue weighted by Gasteiger charge is 2.10. The van der Waals surface area contributed by atoms with Crippen molar-refractivity contribution in [1.82, 2.24) is 9.97 Å². The molecule has 0 fully saturated rings. The minimum absolute atomic E-state index is 0.196. The Balaban J connectivity index is 1.86. The van der Waals surface area contributed by atoms with Gasteiger partial charge in [0.15, 0.2) is 5.13 Å². The summed E-state index contributed by atoms with van der Waals surface area (Å²) in [5.41, 5.74) is 1.39. The highest BCUT2D eigenvalue weighted by atomic mass is 32.1. The van der Waals surface area contributed by atoms with Crippen LogP contribution >= 0.6 is 11.3 Å². The first-order valence-corrected chi connectivity index (χ1v) is 6.74. The van der Waals surface area contributed by atoms with Crippen molar-refractivity contribution < 1.29 is 9.53 Å². The molecular formula is C14H11N3O2S. The SMILES string of the molecule is COc1ccc2nc(NC(=O)c3ccncc3)sc2c1. The molecule has 0 radical (unpaired) electrons. The van der Waals surface area contributed by atoms with Crippen LogP contribution in [0, 0.1) is 0 Å². The number of amides is 1. The van der Waals surface area contributed by atoms with Crippen LogP contribution < -0.4 is 10.1 Å². The van der Waals surface area contributed by atoms with E-state index in [0.29, 0.717) is 10.7 Å². The number of anilines is 1. The van der Waals surface area contributed by atoms with Crippen LogP contribution in [0.25, 0.3) is 10.2 Å². The molecule has 1 aromatic carbocycles. The van der Waals surface area contributed by atoms with Crippen LogP contribution in [-0.2, 0) is 0 Å². The molecule has 0 saturated carbocycles. The number of pyridine rings is 1. The van der Waals surface area contributed by atoms with Gasteiger partial charge in [0.2, 0.25) is 0 Å². The predicted octanol–water partition coefficient (Wildman–Crippen LogP) is 2.95. The summed E-state index contributed by atoms with van der Waals surface area (Å²) >= 11 is 1.41. The lowest BCUT2D eigenvalue weighted by molar-refractivity contribution is 0.102. The standard InChI is InChI=1S/C14H11N3O2S/c1-19-10-2-3-11-12(8-10)20-14(16-11)17-13(18)9-4-6-15-7-5-9/h2-8H,1H3,(H,16,17,18). The fraction of sp³-hybridized carbons (Fsp3) is 0.0714. The van der Waals surface area contributed by atoms with Crippen LogP contribution in [0.4, 0.5) is 5.13 Å². The number of aromatic nitrogens is 2. The van der Waals surface area contributed by atoms with Gasteiger partial charge in [0.05, 0.1) is 17.3 Å². The Morgan fingerprint density at radius 1 is 1.25 bits per heavy atom. The third kappa shape index (κ3) is 2.46. The summed E-state index contributed by atoms with van der Waals surface area (Å²) in [6.07, 6.45) is 3.16. The van der Waals surface area contributed by atoms with E-state index < -0.39 is 0 Å². The quantitative estimate of drug-likeness (QED) is 0.803. The molecule has 0 aliphatic carbocycles. The first-order chi connectivity index (χ1) is 9.76. The number of fused-ring (bicyclic) bond motifs is 1. The van der Waals surface area contributed by atoms with Gasteiger partial charge in [-0.2, -0.15) is 0 Å². The molecule has 2 aromatic heterocycles. The van der Waals surface area contributed by atoms with Crippen molar-refractivity contribution in [2.45, 2.75) is 0 Å². The summed E-state index contributed by atoms with van der Waals surface area (Å²) in [5, 5.41) is 3.35. The van der Waals surface area contributed by atoms with E-state index in [1.165, 1.54) is 11.3 Å². The van der Waals surface area contributed by atoms with Gasteiger partial charge in [-0.1, -0.05) is 11.3 Å². The van der Waals surface area contributed by atoms with Gasteiger partial charge in [-0.3, -0.25) is 15.1 Å². The van der Waals surface area contributed by atoms with Crippen molar-refractivity contribution in [2.24, 2.45) is 0 Å². The zero-order valence-corrected chi connectivity index (χ0v) is 11.5. The number of nitrogens with zero attached hydrogens (tertiary/aromatic N) is 2. The molecule has 5 nitrogen and oxygen atoms in total. The van der Waals surface area contributed by atoms with Crippen LogP contribution in [0.15, 0.2) is 42.7 Å². The van der Waals surface area contributed by atoms with Gasteiger partial charge in [0.1, 0.15) is 5.75 Å². The van der Waals surface area contributed by atoms with Crippen molar-refractivity contribution in [1.29, 1.82) is 0 Å². The largest absolute Gasteiger partial charge is 0.497 e. The Bertz CT molecular complexity index is 755. The Morgan fingerprint density at radius 3 is 2.80 bits per heavy atom. The lowest BCUT2D eigenvalue weighted by Crippen LogP contribution is -2.11. The molecule has 100 valence electrons. The average Bonchev–Trinajstić information content (AvgIpc) is 2.89. The molecular weight excluding hydrogens is 274 g/mol. The minimum Gasteiger partial charge on any atom is -0.497 e. The van der Waals surface area contributed by atoms with Crippen LogP contribution in [0.3, 0.4) is 0 Å². The van der Waals surface area contributed by atoms with Gasteiger partial charge in [-0.25, -0.2) is 4.98 Å². The number of benzene rings is 1. The molecule has 0 atom stereocenters. The summed E-state index contributed by atoms with van der Waals surface area (Å²) in [4.78, 5) is 20.3. The molecule has 2 heterocycles. The lowest BCUT2D eigenvalue weighted by Gasteiger charge is -1.99. The lowest BCUT2D eigenvalue weighted by atomic mass is 10.2. The summed E-state index contributed by atoms with van der Waals surface area (Å²) in [6.45, 7) is 0. The maximum absolute atomic E-state index is 12.0. The summed E-state index contributed by atoms with van der Waals surface area (Å²) < 4.78 is 6.13. The fourth-order valence-electron chi connectivity index (χ4n) is 1.76. The second kappa shape index (κ2) is 5.26. The maximum Gasteiger partial charge on any atom is 0.257 e. The van der Waals surface area contributed by atoms with Crippen molar-refractivity contribution >= 4 is 32.6 Å². The number of ether oxygens (including phenoxy) is 1. The van der Waals surface area contributed by atoms with E-state index in [0.717, 1.165) is 16.0 Å². The monoisotopic (exact) mass is 285 g/mol. The van der Waals surface area contributed by atoms with Crippen LogP contribution in [0.1, 0.15) is 10.4 Å². The summed E-state index contributed by atoms with van der Waals surface area (Å²) in [5.74, 6) is 0.576. The van der Waals surface area contributed by atoms with Gasteiger partial charge in [0, 0.05) is 18.0 Å². The Morgan fingerprint density at radius 2 is 2.05 bits per heavy atom. The minimum atomic E-state index is -0.196. The number of methoxy groups -OCH3 is 1. The summed E-state index contributed by atoms with van der Waals surface area (Å²) in [7, 11) is 1.62. The molecule has 1 N–H and O–H groups in total. The van der Waals surface area contributed by atoms with Gasteiger partial charge in [-0.15, -0.1) is 0 Å². The normalized spacial score (nSPS) is 10.4. The smallest absolute Gasteiger partial charge is 0.257 e. The third-order valence-corrected chi connectivity index (χ3v) is 3.69. The van der Waals surface area contributed by atoms with Gasteiger partial charge in [0.25, 0.3) is 5.91 Å². The van der Waals surface area contributed by atoms with E-state index >= 15 is 0 Å². The molecule has 0 unspecified atom stereocenters. The Kier molecular flexibility index (Phi) is 3.30. The Hall–Kier alpha value is -2.47. The topological polar surface area (TPSA) is 64.1 Å². The zero-order chi connectivity index (χ0) is 13.9. The van der Waals surface area contributed by atoms with Crippen molar-refractivity contribution in [3.05, 3.63) is 48.3 Å². The van der Waals surface area contributed by atoms with E-state index in [1.807, 2.05) is 18.2 Å². The number of carbonyl (C=O) groups is 1. The number of thiazole rings is 1. The Labute approximate surface area is 119 Å². The van der Waals surface area contributed by atoms with Crippen LogP contribution in [0.5, 0.6) is 5.75 Å². The number of hydrogen-bond acceptors (Lipinski definition) is 5. The van der Waals surface area contributed by atoms with Gasteiger partial charge < -0.3 is 4.74 Å². The molecule has 1 amide bonds. The molecule has 0 saturated heterocycles. The first-order valence-electron chi connectivity index (χ1n) is 5.92. The fourth-order valence-corrected chi connectivity index (χ4v) is 2.65. The van der Waals surface area contributed by atoms with Crippen molar-refractivity contribution in [3.63, 3.8) is 0 Å². The highest BCUT2D eigenvalue weighted by molar-refractivity contribution is 7.22. The zero-order valence-electron chi connectivity index (χ0n) is 10.7. The van der Waals surface area contributed by atoms with Crippen LogP contribution in [0.2, 0.25) is 0 Å².